The van der Waals surface area contributed by atoms with Gasteiger partial charge in [0.15, 0.2) is 11.4 Å². The van der Waals surface area contributed by atoms with Gasteiger partial charge in [-0.2, -0.15) is 0 Å². The monoisotopic (exact) mass is 385 g/mol. The van der Waals surface area contributed by atoms with Gasteiger partial charge in [0.05, 0.1) is 18.1 Å². The lowest BCUT2D eigenvalue weighted by Gasteiger charge is -2.12. The molecule has 142 valence electrons. The number of hydrogen-bond acceptors (Lipinski definition) is 7. The van der Waals surface area contributed by atoms with E-state index in [2.05, 4.69) is 20.3 Å². The van der Waals surface area contributed by atoms with Crippen LogP contribution in [0.1, 0.15) is 0 Å². The second-order valence-electron chi connectivity index (χ2n) is 6.37. The molecule has 29 heavy (non-hydrogen) atoms. The predicted molar refractivity (Wildman–Crippen MR) is 109 cm³/mol. The lowest BCUT2D eigenvalue weighted by Crippen LogP contribution is -2.00. The molecule has 2 aromatic carbocycles. The molecule has 0 aliphatic carbocycles. The van der Waals surface area contributed by atoms with Crippen LogP contribution in [0.15, 0.2) is 70.1 Å². The normalized spacial score (nSPS) is 11.1. The number of aromatic amines is 1. The molecule has 0 radical (unpaired) electrons. The Bertz CT molecular complexity index is 1390. The van der Waals surface area contributed by atoms with Crippen LogP contribution in [0.4, 0.5) is 11.5 Å². The van der Waals surface area contributed by atoms with Crippen LogP contribution in [0.3, 0.4) is 0 Å². The summed E-state index contributed by atoms with van der Waals surface area (Å²) in [7, 11) is 1.61. The van der Waals surface area contributed by atoms with Crippen molar-refractivity contribution in [3.05, 3.63) is 71.5 Å². The second kappa shape index (κ2) is 6.75. The number of ether oxygens (including phenoxy) is 1. The molecular formula is C21H15N5O3. The molecule has 0 aliphatic rings. The minimum absolute atomic E-state index is 0.462. The first-order valence-corrected chi connectivity index (χ1v) is 8.86. The van der Waals surface area contributed by atoms with Crippen molar-refractivity contribution in [3.8, 4) is 17.1 Å². The van der Waals surface area contributed by atoms with Gasteiger partial charge in [-0.1, -0.05) is 0 Å². The molecule has 2 N–H and O–H groups in total. The molecule has 5 aromatic rings. The van der Waals surface area contributed by atoms with Crippen molar-refractivity contribution in [2.45, 2.75) is 0 Å². The number of H-pyrrole nitrogens is 1. The van der Waals surface area contributed by atoms with Crippen molar-refractivity contribution in [2.24, 2.45) is 0 Å². The predicted octanol–water partition coefficient (Wildman–Crippen LogP) is 3.88. The van der Waals surface area contributed by atoms with Crippen molar-refractivity contribution in [1.29, 1.82) is 0 Å². The van der Waals surface area contributed by atoms with Gasteiger partial charge in [0, 0.05) is 35.1 Å². The third-order valence-corrected chi connectivity index (χ3v) is 4.51. The second-order valence-corrected chi connectivity index (χ2v) is 6.37. The Kier molecular flexibility index (Phi) is 3.94. The summed E-state index contributed by atoms with van der Waals surface area (Å²) in [5.74, 6) is 1.36. The molecule has 3 aromatic heterocycles. The smallest absolute Gasteiger partial charge is 0.417 e. The van der Waals surface area contributed by atoms with Crippen molar-refractivity contribution in [3.63, 3.8) is 0 Å². The highest BCUT2D eigenvalue weighted by atomic mass is 16.5. The van der Waals surface area contributed by atoms with Crippen LogP contribution in [-0.4, -0.2) is 27.0 Å². The van der Waals surface area contributed by atoms with Crippen LogP contribution in [0.25, 0.3) is 33.4 Å². The Balaban J connectivity index is 1.67. The topological polar surface area (TPSA) is 106 Å². The van der Waals surface area contributed by atoms with Crippen molar-refractivity contribution < 1.29 is 9.15 Å². The Morgan fingerprint density at radius 2 is 2.03 bits per heavy atom. The Morgan fingerprint density at radius 1 is 1.10 bits per heavy atom. The number of aromatic nitrogens is 4. The Morgan fingerprint density at radius 3 is 2.86 bits per heavy atom. The van der Waals surface area contributed by atoms with Crippen LogP contribution < -0.4 is 15.8 Å². The van der Waals surface area contributed by atoms with E-state index in [4.69, 9.17) is 14.1 Å². The van der Waals surface area contributed by atoms with E-state index < -0.39 is 5.76 Å². The van der Waals surface area contributed by atoms with Gasteiger partial charge < -0.3 is 14.5 Å². The maximum atomic E-state index is 11.4. The summed E-state index contributed by atoms with van der Waals surface area (Å²) in [6.07, 6.45) is 3.42. The number of nitrogens with one attached hydrogen (secondary N) is 2. The number of oxazole rings is 1. The highest BCUT2D eigenvalue weighted by Crippen LogP contribution is 2.30. The van der Waals surface area contributed by atoms with E-state index >= 15 is 0 Å². The number of anilines is 2. The van der Waals surface area contributed by atoms with Crippen LogP contribution >= 0.6 is 0 Å². The van der Waals surface area contributed by atoms with Crippen LogP contribution in [0, 0.1) is 0 Å². The first-order chi connectivity index (χ1) is 14.2. The average molecular weight is 385 g/mol. The quantitative estimate of drug-likeness (QED) is 0.483. The molecule has 8 nitrogen and oxygen atoms in total. The molecule has 0 saturated carbocycles. The fraction of sp³-hybridized carbons (Fsp3) is 0.0476. The first kappa shape index (κ1) is 16.9. The van der Waals surface area contributed by atoms with Crippen LogP contribution in [-0.2, 0) is 0 Å². The zero-order chi connectivity index (χ0) is 19.8. The Labute approximate surface area is 164 Å². The van der Waals surface area contributed by atoms with Crippen molar-refractivity contribution in [1.82, 2.24) is 19.9 Å². The summed E-state index contributed by atoms with van der Waals surface area (Å²) in [5, 5.41) is 4.11. The molecule has 0 spiro atoms. The molecule has 5 rings (SSSR count). The number of nitrogens with zero attached hydrogens (tertiary/aromatic N) is 3. The van der Waals surface area contributed by atoms with Crippen LogP contribution in [0.5, 0.6) is 5.75 Å². The maximum absolute atomic E-state index is 11.4. The SMILES string of the molecule is COc1ccc2nc(-c3cccnc3)nc(Nc3ccc4[nH]c(=O)oc4c3)c2c1. The molecule has 3 heterocycles. The molecule has 0 fully saturated rings. The number of fused-ring (bicyclic) bond motifs is 2. The Hall–Kier alpha value is -4.20. The largest absolute Gasteiger partial charge is 0.497 e. The van der Waals surface area contributed by atoms with Gasteiger partial charge in [0.2, 0.25) is 0 Å². The minimum atomic E-state index is -0.492. The summed E-state index contributed by atoms with van der Waals surface area (Å²) in [6.45, 7) is 0. The lowest BCUT2D eigenvalue weighted by molar-refractivity contribution is 0.415. The van der Waals surface area contributed by atoms with Crippen LogP contribution in [0.2, 0.25) is 0 Å². The number of pyridine rings is 1. The summed E-state index contributed by atoms with van der Waals surface area (Å²) in [4.78, 5) is 27.6. The summed E-state index contributed by atoms with van der Waals surface area (Å²) >= 11 is 0. The van der Waals surface area contributed by atoms with E-state index in [1.807, 2.05) is 36.4 Å². The van der Waals surface area contributed by atoms with E-state index in [1.54, 1.807) is 31.6 Å². The zero-order valence-corrected chi connectivity index (χ0v) is 15.3. The zero-order valence-electron chi connectivity index (χ0n) is 15.3. The van der Waals surface area contributed by atoms with Crippen molar-refractivity contribution >= 4 is 33.5 Å². The fourth-order valence-electron chi connectivity index (χ4n) is 3.11. The number of hydrogen-bond donors (Lipinski definition) is 2. The first-order valence-electron chi connectivity index (χ1n) is 8.86. The fourth-order valence-corrected chi connectivity index (χ4v) is 3.11. The molecular weight excluding hydrogens is 370 g/mol. The minimum Gasteiger partial charge on any atom is -0.497 e. The number of methoxy groups -OCH3 is 1. The third-order valence-electron chi connectivity index (χ3n) is 4.51. The molecule has 0 bridgehead atoms. The van der Waals surface area contributed by atoms with E-state index in [0.29, 0.717) is 28.5 Å². The van der Waals surface area contributed by atoms with Gasteiger partial charge in [-0.25, -0.2) is 14.8 Å². The molecule has 0 amide bonds. The average Bonchev–Trinajstić information content (AvgIpc) is 3.13. The van der Waals surface area contributed by atoms with E-state index in [-0.39, 0.29) is 0 Å². The molecule has 0 aliphatic heterocycles. The lowest BCUT2D eigenvalue weighted by atomic mass is 10.2. The molecule has 8 heteroatoms. The van der Waals surface area contributed by atoms with E-state index in [9.17, 15) is 4.79 Å². The van der Waals surface area contributed by atoms with E-state index in [1.165, 1.54) is 0 Å². The third kappa shape index (κ3) is 3.16. The van der Waals surface area contributed by atoms with Gasteiger partial charge in [-0.05, 0) is 42.5 Å². The molecule has 0 saturated heterocycles. The van der Waals surface area contributed by atoms with E-state index in [0.717, 1.165) is 22.2 Å². The molecule has 0 unspecified atom stereocenters. The van der Waals surface area contributed by atoms with Gasteiger partial charge in [0.1, 0.15) is 11.6 Å². The maximum Gasteiger partial charge on any atom is 0.417 e. The van der Waals surface area contributed by atoms with Gasteiger partial charge >= 0.3 is 5.76 Å². The summed E-state index contributed by atoms with van der Waals surface area (Å²) < 4.78 is 10.5. The standard InChI is InChI=1S/C21H15N5O3/c1-28-14-5-7-16-15(10-14)20(26-19(24-16)12-3-2-8-22-11-12)23-13-4-6-17-18(9-13)29-21(27)25-17/h2-11H,1H3,(H,25,27)(H,23,24,26). The summed E-state index contributed by atoms with van der Waals surface area (Å²) in [5.41, 5.74) is 3.38. The highest BCUT2D eigenvalue weighted by molar-refractivity contribution is 5.93. The number of rotatable bonds is 4. The number of benzene rings is 2. The van der Waals surface area contributed by atoms with Gasteiger partial charge in [-0.15, -0.1) is 0 Å². The molecule has 0 atom stereocenters. The highest BCUT2D eigenvalue weighted by Gasteiger charge is 2.12. The van der Waals surface area contributed by atoms with Gasteiger partial charge in [0.25, 0.3) is 0 Å². The van der Waals surface area contributed by atoms with Gasteiger partial charge in [-0.3, -0.25) is 9.97 Å². The van der Waals surface area contributed by atoms with Crippen molar-refractivity contribution in [2.75, 3.05) is 12.4 Å². The summed E-state index contributed by atoms with van der Waals surface area (Å²) in [6, 6.07) is 14.7.